The van der Waals surface area contributed by atoms with Crippen LogP contribution < -0.4 is 14.8 Å². The SMILES string of the molecule is C/N=C(/c1ccc2c(c1)NC(=O)C2)c1c(C)cnc2cc(OC)c(OCc3ccccc3)cc12. The summed E-state index contributed by atoms with van der Waals surface area (Å²) in [5.74, 6) is 1.28. The standard InChI is InChI=1S/C28H25N3O3/c1-17-15-30-23-14-24(33-3)25(34-16-18-7-5-4-6-8-18)13-21(23)27(17)28(29-2)20-10-9-19-12-26(32)31-22(19)11-20/h4-11,13-15H,12,16H2,1-3H3,(H,31,32)/b29-28-. The van der Waals surface area contributed by atoms with E-state index >= 15 is 0 Å². The number of benzene rings is 3. The first kappa shape index (κ1) is 21.6. The van der Waals surface area contributed by atoms with Crippen LogP contribution in [-0.4, -0.2) is 30.8 Å². The number of aliphatic imine (C=N–C) groups is 1. The smallest absolute Gasteiger partial charge is 0.228 e. The van der Waals surface area contributed by atoms with Gasteiger partial charge >= 0.3 is 0 Å². The van der Waals surface area contributed by atoms with Crippen LogP contribution in [0.4, 0.5) is 5.69 Å². The molecule has 34 heavy (non-hydrogen) atoms. The van der Waals surface area contributed by atoms with E-state index in [9.17, 15) is 4.79 Å². The summed E-state index contributed by atoms with van der Waals surface area (Å²) in [7, 11) is 3.41. The van der Waals surface area contributed by atoms with Gasteiger partial charge in [-0.25, -0.2) is 0 Å². The Hall–Kier alpha value is -4.19. The Bertz CT molecular complexity index is 1430. The molecule has 6 nitrogen and oxygen atoms in total. The Morgan fingerprint density at radius 3 is 2.68 bits per heavy atom. The first-order chi connectivity index (χ1) is 16.6. The highest BCUT2D eigenvalue weighted by Crippen LogP contribution is 2.36. The maximum atomic E-state index is 11.8. The second-order valence-electron chi connectivity index (χ2n) is 8.28. The second kappa shape index (κ2) is 8.98. The Kier molecular flexibility index (Phi) is 5.72. The minimum atomic E-state index is 0.0139. The lowest BCUT2D eigenvalue weighted by atomic mass is 9.94. The fraction of sp³-hybridized carbons (Fsp3) is 0.179. The number of nitrogens with zero attached hydrogens (tertiary/aromatic N) is 2. The number of carbonyl (C=O) groups is 1. The van der Waals surface area contributed by atoms with Crippen LogP contribution in [0.25, 0.3) is 10.9 Å². The summed E-state index contributed by atoms with van der Waals surface area (Å²) >= 11 is 0. The van der Waals surface area contributed by atoms with Gasteiger partial charge in [0, 0.05) is 41.5 Å². The van der Waals surface area contributed by atoms with Crippen molar-refractivity contribution in [1.29, 1.82) is 0 Å². The molecule has 1 aromatic heterocycles. The van der Waals surface area contributed by atoms with Gasteiger partial charge in [0.1, 0.15) is 6.61 Å². The molecule has 1 N–H and O–H groups in total. The van der Waals surface area contributed by atoms with Crippen LogP contribution in [0.5, 0.6) is 11.5 Å². The van der Waals surface area contributed by atoms with Gasteiger partial charge in [-0.05, 0) is 35.7 Å². The van der Waals surface area contributed by atoms with Gasteiger partial charge in [-0.2, -0.15) is 0 Å². The molecule has 0 unspecified atom stereocenters. The third-order valence-corrected chi connectivity index (χ3v) is 6.05. The molecule has 0 radical (unpaired) electrons. The van der Waals surface area contributed by atoms with E-state index in [4.69, 9.17) is 9.47 Å². The van der Waals surface area contributed by atoms with Crippen molar-refractivity contribution >= 4 is 28.2 Å². The molecule has 0 saturated heterocycles. The van der Waals surface area contributed by atoms with E-state index in [1.807, 2.05) is 73.8 Å². The number of anilines is 1. The lowest BCUT2D eigenvalue weighted by Gasteiger charge is -2.17. The maximum absolute atomic E-state index is 11.8. The van der Waals surface area contributed by atoms with Gasteiger partial charge in [0.05, 0.1) is 24.8 Å². The first-order valence-electron chi connectivity index (χ1n) is 11.1. The average molecular weight is 452 g/mol. The van der Waals surface area contributed by atoms with Gasteiger partial charge in [-0.1, -0.05) is 42.5 Å². The monoisotopic (exact) mass is 451 g/mol. The molecule has 0 aliphatic carbocycles. The minimum Gasteiger partial charge on any atom is -0.493 e. The van der Waals surface area contributed by atoms with Crippen molar-refractivity contribution < 1.29 is 14.3 Å². The Labute approximate surface area is 198 Å². The highest BCUT2D eigenvalue weighted by molar-refractivity contribution is 6.20. The molecule has 1 aliphatic rings. The third kappa shape index (κ3) is 3.99. The van der Waals surface area contributed by atoms with E-state index in [1.165, 1.54) is 0 Å². The number of fused-ring (bicyclic) bond motifs is 2. The Morgan fingerprint density at radius 1 is 1.09 bits per heavy atom. The van der Waals surface area contributed by atoms with Crippen LogP contribution in [0.2, 0.25) is 0 Å². The van der Waals surface area contributed by atoms with E-state index in [1.54, 1.807) is 14.2 Å². The van der Waals surface area contributed by atoms with Crippen molar-refractivity contribution in [2.45, 2.75) is 20.0 Å². The molecule has 0 atom stereocenters. The highest BCUT2D eigenvalue weighted by atomic mass is 16.5. The molecule has 0 fully saturated rings. The number of carbonyl (C=O) groups excluding carboxylic acids is 1. The number of nitrogens with one attached hydrogen (secondary N) is 1. The van der Waals surface area contributed by atoms with Crippen LogP contribution in [-0.2, 0) is 17.8 Å². The molecule has 5 rings (SSSR count). The number of aryl methyl sites for hydroxylation is 1. The van der Waals surface area contributed by atoms with Crippen molar-refractivity contribution in [2.75, 3.05) is 19.5 Å². The average Bonchev–Trinajstić information content (AvgIpc) is 3.24. The summed E-state index contributed by atoms with van der Waals surface area (Å²) in [6.07, 6.45) is 2.26. The summed E-state index contributed by atoms with van der Waals surface area (Å²) in [6, 6.07) is 19.9. The van der Waals surface area contributed by atoms with Gasteiger partial charge < -0.3 is 14.8 Å². The molecule has 1 amide bonds. The lowest BCUT2D eigenvalue weighted by molar-refractivity contribution is -0.115. The van der Waals surface area contributed by atoms with Gasteiger partial charge in [0.15, 0.2) is 11.5 Å². The first-order valence-corrected chi connectivity index (χ1v) is 11.1. The van der Waals surface area contributed by atoms with E-state index in [-0.39, 0.29) is 5.91 Å². The minimum absolute atomic E-state index is 0.0139. The van der Waals surface area contributed by atoms with Crippen molar-refractivity contribution in [1.82, 2.24) is 4.98 Å². The van der Waals surface area contributed by atoms with Gasteiger partial charge in [-0.3, -0.25) is 14.8 Å². The van der Waals surface area contributed by atoms with Crippen LogP contribution in [0.15, 0.2) is 71.9 Å². The van der Waals surface area contributed by atoms with Crippen LogP contribution in [0.3, 0.4) is 0 Å². The predicted molar refractivity (Wildman–Crippen MR) is 134 cm³/mol. The number of hydrogen-bond donors (Lipinski definition) is 1. The van der Waals surface area contributed by atoms with E-state index in [0.717, 1.165) is 50.1 Å². The number of amides is 1. The molecule has 6 heteroatoms. The molecule has 170 valence electrons. The fourth-order valence-corrected chi connectivity index (χ4v) is 4.37. The number of methoxy groups -OCH3 is 1. The summed E-state index contributed by atoms with van der Waals surface area (Å²) in [4.78, 5) is 21.1. The van der Waals surface area contributed by atoms with E-state index in [2.05, 4.69) is 15.3 Å². The van der Waals surface area contributed by atoms with Crippen molar-refractivity contribution in [3.05, 3.63) is 94.7 Å². The van der Waals surface area contributed by atoms with Gasteiger partial charge in [-0.15, -0.1) is 0 Å². The Morgan fingerprint density at radius 2 is 1.91 bits per heavy atom. The second-order valence-corrected chi connectivity index (χ2v) is 8.28. The quantitative estimate of drug-likeness (QED) is 0.414. The van der Waals surface area contributed by atoms with Crippen LogP contribution in [0, 0.1) is 6.92 Å². The fourth-order valence-electron chi connectivity index (χ4n) is 4.37. The third-order valence-electron chi connectivity index (χ3n) is 6.05. The van der Waals surface area contributed by atoms with Crippen LogP contribution in [0.1, 0.15) is 27.8 Å². The lowest BCUT2D eigenvalue weighted by Crippen LogP contribution is -2.09. The molecule has 2 heterocycles. The topological polar surface area (TPSA) is 72.8 Å². The highest BCUT2D eigenvalue weighted by Gasteiger charge is 2.21. The zero-order valence-electron chi connectivity index (χ0n) is 19.4. The number of aromatic nitrogens is 1. The largest absolute Gasteiger partial charge is 0.493 e. The zero-order valence-corrected chi connectivity index (χ0v) is 19.4. The summed E-state index contributed by atoms with van der Waals surface area (Å²) in [6.45, 7) is 2.45. The molecular formula is C28H25N3O3. The molecule has 4 aromatic rings. The summed E-state index contributed by atoms with van der Waals surface area (Å²) in [5, 5.41) is 3.86. The van der Waals surface area contributed by atoms with E-state index in [0.29, 0.717) is 24.5 Å². The summed E-state index contributed by atoms with van der Waals surface area (Å²) < 4.78 is 11.8. The molecular weight excluding hydrogens is 426 g/mol. The summed E-state index contributed by atoms with van der Waals surface area (Å²) in [5.41, 5.74) is 7.44. The number of ether oxygens (including phenoxy) is 2. The number of rotatable bonds is 6. The van der Waals surface area contributed by atoms with Crippen molar-refractivity contribution in [2.24, 2.45) is 4.99 Å². The predicted octanol–water partition coefficient (Wildman–Crippen LogP) is 5.09. The maximum Gasteiger partial charge on any atom is 0.228 e. The number of pyridine rings is 1. The van der Waals surface area contributed by atoms with Crippen molar-refractivity contribution in [3.8, 4) is 11.5 Å². The zero-order chi connectivity index (χ0) is 23.7. The van der Waals surface area contributed by atoms with Gasteiger partial charge in [0.25, 0.3) is 0 Å². The molecule has 0 bridgehead atoms. The molecule has 0 spiro atoms. The Balaban J connectivity index is 1.60. The molecule has 3 aromatic carbocycles. The molecule has 1 aliphatic heterocycles. The van der Waals surface area contributed by atoms with E-state index < -0.39 is 0 Å². The van der Waals surface area contributed by atoms with Gasteiger partial charge in [0.2, 0.25) is 5.91 Å². The van der Waals surface area contributed by atoms with Crippen LogP contribution >= 0.6 is 0 Å². The van der Waals surface area contributed by atoms with Crippen molar-refractivity contribution in [3.63, 3.8) is 0 Å². The molecule has 0 saturated carbocycles. The normalized spacial score (nSPS) is 13.0. The number of hydrogen-bond acceptors (Lipinski definition) is 5.